The number of benzene rings is 2. The fourth-order valence-electron chi connectivity index (χ4n) is 2.14. The highest BCUT2D eigenvalue weighted by molar-refractivity contribution is 6.05. The van der Waals surface area contributed by atoms with E-state index in [1.165, 1.54) is 12.1 Å². The molecule has 20 heavy (non-hydrogen) atoms. The lowest BCUT2D eigenvalue weighted by Gasteiger charge is -2.20. The molecule has 0 aliphatic carbocycles. The highest BCUT2D eigenvalue weighted by Gasteiger charge is 2.13. The van der Waals surface area contributed by atoms with Gasteiger partial charge in [0.25, 0.3) is 5.91 Å². The summed E-state index contributed by atoms with van der Waals surface area (Å²) in [7, 11) is 0. The topological polar surface area (TPSA) is 53.2 Å². The van der Waals surface area contributed by atoms with Crippen LogP contribution in [0.5, 0.6) is 0 Å². The molecule has 1 aliphatic rings. The zero-order valence-electron chi connectivity index (χ0n) is 10.7. The molecule has 102 valence electrons. The minimum Gasteiger partial charge on any atom is -0.382 e. The summed E-state index contributed by atoms with van der Waals surface area (Å²) >= 11 is 0. The maximum absolute atomic E-state index is 13.5. The number of anilines is 3. The van der Waals surface area contributed by atoms with Crippen LogP contribution in [0.25, 0.3) is 0 Å². The van der Waals surface area contributed by atoms with Crippen molar-refractivity contribution >= 4 is 23.0 Å². The first-order valence-corrected chi connectivity index (χ1v) is 6.42. The number of halogens is 1. The third kappa shape index (κ3) is 2.42. The number of carbonyl (C=O) groups is 1. The Labute approximate surface area is 116 Å². The third-order valence-electron chi connectivity index (χ3n) is 3.16. The summed E-state index contributed by atoms with van der Waals surface area (Å²) in [4.78, 5) is 12.1. The Bertz CT molecular complexity index is 657. The number of para-hydroxylation sites is 1. The van der Waals surface area contributed by atoms with Gasteiger partial charge in [-0.15, -0.1) is 0 Å². The van der Waals surface area contributed by atoms with Crippen LogP contribution < -0.4 is 16.0 Å². The highest BCUT2D eigenvalue weighted by atomic mass is 19.1. The molecule has 4 nitrogen and oxygen atoms in total. The van der Waals surface area contributed by atoms with Crippen molar-refractivity contribution in [2.45, 2.75) is 0 Å². The number of hydrogen-bond donors (Lipinski definition) is 3. The van der Waals surface area contributed by atoms with Crippen molar-refractivity contribution in [2.24, 2.45) is 0 Å². The van der Waals surface area contributed by atoms with Crippen LogP contribution in [0.2, 0.25) is 0 Å². The van der Waals surface area contributed by atoms with Gasteiger partial charge in [0.2, 0.25) is 0 Å². The van der Waals surface area contributed by atoms with Gasteiger partial charge in [0.15, 0.2) is 0 Å². The van der Waals surface area contributed by atoms with Crippen LogP contribution in [0, 0.1) is 5.82 Å². The van der Waals surface area contributed by atoms with E-state index in [0.717, 1.165) is 24.5 Å². The van der Waals surface area contributed by atoms with Crippen molar-refractivity contribution in [3.05, 3.63) is 53.8 Å². The Morgan fingerprint density at radius 3 is 2.60 bits per heavy atom. The van der Waals surface area contributed by atoms with E-state index in [4.69, 9.17) is 0 Å². The summed E-state index contributed by atoms with van der Waals surface area (Å²) in [5, 5.41) is 9.02. The zero-order chi connectivity index (χ0) is 13.9. The largest absolute Gasteiger partial charge is 0.382 e. The van der Waals surface area contributed by atoms with Crippen LogP contribution in [0.15, 0.2) is 42.5 Å². The molecule has 1 heterocycles. The van der Waals surface area contributed by atoms with Gasteiger partial charge in [-0.2, -0.15) is 0 Å². The molecule has 2 aromatic rings. The average molecular weight is 271 g/mol. The summed E-state index contributed by atoms with van der Waals surface area (Å²) in [5.41, 5.74) is 2.53. The standard InChI is InChI=1S/C15H14FN3O/c16-11-3-1-2-4-12(11)19-15(20)10-5-6-13-14(9-10)18-8-7-17-13/h1-6,9,17-18H,7-8H2,(H,19,20). The minimum atomic E-state index is -0.446. The Kier molecular flexibility index (Phi) is 3.25. The summed E-state index contributed by atoms with van der Waals surface area (Å²) in [5.74, 6) is -0.774. The number of amides is 1. The lowest BCUT2D eigenvalue weighted by molar-refractivity contribution is 0.102. The first-order chi connectivity index (χ1) is 9.74. The fourth-order valence-corrected chi connectivity index (χ4v) is 2.14. The second-order valence-corrected chi connectivity index (χ2v) is 4.55. The lowest BCUT2D eigenvalue weighted by atomic mass is 10.1. The SMILES string of the molecule is O=C(Nc1ccccc1F)c1ccc2c(c1)NCCN2. The maximum Gasteiger partial charge on any atom is 0.255 e. The molecule has 0 aromatic heterocycles. The summed E-state index contributed by atoms with van der Waals surface area (Å²) in [6, 6.07) is 11.4. The summed E-state index contributed by atoms with van der Waals surface area (Å²) in [6.45, 7) is 1.67. The van der Waals surface area contributed by atoms with Gasteiger partial charge < -0.3 is 16.0 Å². The molecule has 0 spiro atoms. The van der Waals surface area contributed by atoms with Crippen molar-refractivity contribution in [3.63, 3.8) is 0 Å². The van der Waals surface area contributed by atoms with Crippen molar-refractivity contribution in [2.75, 3.05) is 29.0 Å². The number of fused-ring (bicyclic) bond motifs is 1. The van der Waals surface area contributed by atoms with Gasteiger partial charge in [0.1, 0.15) is 5.82 Å². The Morgan fingerprint density at radius 2 is 1.80 bits per heavy atom. The molecule has 0 radical (unpaired) electrons. The van der Waals surface area contributed by atoms with Gasteiger partial charge in [-0.3, -0.25) is 4.79 Å². The van der Waals surface area contributed by atoms with E-state index in [2.05, 4.69) is 16.0 Å². The first kappa shape index (κ1) is 12.5. The van der Waals surface area contributed by atoms with Crippen LogP contribution in [-0.4, -0.2) is 19.0 Å². The molecule has 0 unspecified atom stereocenters. The number of nitrogens with one attached hydrogen (secondary N) is 3. The fraction of sp³-hybridized carbons (Fsp3) is 0.133. The molecule has 1 amide bonds. The Hall–Kier alpha value is -2.56. The lowest BCUT2D eigenvalue weighted by Crippen LogP contribution is -2.21. The molecule has 1 aliphatic heterocycles. The predicted molar refractivity (Wildman–Crippen MR) is 77.8 cm³/mol. The van der Waals surface area contributed by atoms with Gasteiger partial charge in [0.05, 0.1) is 17.1 Å². The molecule has 5 heteroatoms. The van der Waals surface area contributed by atoms with Crippen molar-refractivity contribution < 1.29 is 9.18 Å². The van der Waals surface area contributed by atoms with Gasteiger partial charge in [-0.05, 0) is 30.3 Å². The van der Waals surface area contributed by atoms with Crippen LogP contribution in [0.3, 0.4) is 0 Å². The Morgan fingerprint density at radius 1 is 1.05 bits per heavy atom. The smallest absolute Gasteiger partial charge is 0.255 e. The molecular weight excluding hydrogens is 257 g/mol. The summed E-state index contributed by atoms with van der Waals surface area (Å²) < 4.78 is 13.5. The number of hydrogen-bond acceptors (Lipinski definition) is 3. The van der Waals surface area contributed by atoms with Gasteiger partial charge in [-0.1, -0.05) is 12.1 Å². The monoisotopic (exact) mass is 271 g/mol. The zero-order valence-corrected chi connectivity index (χ0v) is 10.7. The van der Waals surface area contributed by atoms with E-state index in [0.29, 0.717) is 5.56 Å². The van der Waals surface area contributed by atoms with Crippen LogP contribution in [0.4, 0.5) is 21.5 Å². The van der Waals surface area contributed by atoms with Crippen LogP contribution in [0.1, 0.15) is 10.4 Å². The van der Waals surface area contributed by atoms with E-state index < -0.39 is 5.82 Å². The van der Waals surface area contributed by atoms with E-state index >= 15 is 0 Å². The molecule has 0 fully saturated rings. The second-order valence-electron chi connectivity index (χ2n) is 4.55. The molecule has 2 aromatic carbocycles. The molecule has 3 rings (SSSR count). The van der Waals surface area contributed by atoms with Crippen molar-refractivity contribution in [1.29, 1.82) is 0 Å². The molecular formula is C15H14FN3O. The molecule has 0 bridgehead atoms. The average Bonchev–Trinajstić information content (AvgIpc) is 2.49. The molecule has 0 atom stereocenters. The predicted octanol–water partition coefficient (Wildman–Crippen LogP) is 2.92. The third-order valence-corrected chi connectivity index (χ3v) is 3.16. The molecule has 0 saturated heterocycles. The summed E-state index contributed by atoms with van der Waals surface area (Å²) in [6.07, 6.45) is 0. The Balaban J connectivity index is 1.82. The quantitative estimate of drug-likeness (QED) is 0.787. The number of rotatable bonds is 2. The second kappa shape index (κ2) is 5.21. The van der Waals surface area contributed by atoms with Gasteiger partial charge >= 0.3 is 0 Å². The first-order valence-electron chi connectivity index (χ1n) is 6.42. The van der Waals surface area contributed by atoms with Crippen LogP contribution in [-0.2, 0) is 0 Å². The van der Waals surface area contributed by atoms with E-state index in [1.54, 1.807) is 24.3 Å². The number of carbonyl (C=O) groups excluding carboxylic acids is 1. The van der Waals surface area contributed by atoms with E-state index in [-0.39, 0.29) is 11.6 Å². The van der Waals surface area contributed by atoms with Gasteiger partial charge in [-0.25, -0.2) is 4.39 Å². The van der Waals surface area contributed by atoms with E-state index in [1.807, 2.05) is 6.07 Å². The van der Waals surface area contributed by atoms with Crippen molar-refractivity contribution in [3.8, 4) is 0 Å². The highest BCUT2D eigenvalue weighted by Crippen LogP contribution is 2.25. The van der Waals surface area contributed by atoms with Crippen LogP contribution >= 0.6 is 0 Å². The maximum atomic E-state index is 13.5. The van der Waals surface area contributed by atoms with Gasteiger partial charge in [0, 0.05) is 18.7 Å². The van der Waals surface area contributed by atoms with E-state index in [9.17, 15) is 9.18 Å². The van der Waals surface area contributed by atoms with Crippen molar-refractivity contribution in [1.82, 2.24) is 0 Å². The normalized spacial score (nSPS) is 12.8. The molecule has 3 N–H and O–H groups in total. The minimum absolute atomic E-state index is 0.182. The molecule has 0 saturated carbocycles.